The van der Waals surface area contributed by atoms with Gasteiger partial charge in [0.05, 0.1) is 18.3 Å². The lowest BCUT2D eigenvalue weighted by molar-refractivity contribution is -0.0480. The average molecular weight is 258 g/mol. The van der Waals surface area contributed by atoms with E-state index in [1.165, 1.54) is 25.9 Å². The smallest absolute Gasteiger partial charge is 0.0897 e. The van der Waals surface area contributed by atoms with E-state index in [9.17, 15) is 5.11 Å². The van der Waals surface area contributed by atoms with Crippen LogP contribution in [-0.2, 0) is 4.74 Å². The van der Waals surface area contributed by atoms with E-state index in [1.54, 1.807) is 0 Å². The predicted octanol–water partition coefficient (Wildman–Crippen LogP) is 1.24. The summed E-state index contributed by atoms with van der Waals surface area (Å²) in [6.07, 6.45) is 2.23. The number of likely N-dealkylation sites (tertiary alicyclic amines) is 1. The SMILES string of the molecule is CC(CNCC(O)COC(C)(C)C)N1CCCC1. The first-order chi connectivity index (χ1) is 8.38. The third-order valence-electron chi connectivity index (χ3n) is 3.29. The number of hydrogen-bond acceptors (Lipinski definition) is 4. The van der Waals surface area contributed by atoms with Crippen LogP contribution in [0.1, 0.15) is 40.5 Å². The molecule has 1 heterocycles. The van der Waals surface area contributed by atoms with E-state index in [0.717, 1.165) is 6.54 Å². The second kappa shape index (κ2) is 7.43. The molecule has 1 rings (SSSR count). The van der Waals surface area contributed by atoms with Crippen LogP contribution in [0.4, 0.5) is 0 Å². The predicted molar refractivity (Wildman–Crippen MR) is 74.9 cm³/mol. The van der Waals surface area contributed by atoms with Gasteiger partial charge >= 0.3 is 0 Å². The van der Waals surface area contributed by atoms with Crippen LogP contribution in [0.3, 0.4) is 0 Å². The summed E-state index contributed by atoms with van der Waals surface area (Å²) < 4.78 is 5.55. The third-order valence-corrected chi connectivity index (χ3v) is 3.29. The molecule has 0 aromatic rings. The zero-order valence-corrected chi connectivity index (χ0v) is 12.4. The van der Waals surface area contributed by atoms with E-state index >= 15 is 0 Å². The Kier molecular flexibility index (Phi) is 6.57. The standard InChI is InChI=1S/C14H30N2O2/c1-12(16-7-5-6-8-16)9-15-10-13(17)11-18-14(2,3)4/h12-13,15,17H,5-11H2,1-4H3. The molecule has 4 nitrogen and oxygen atoms in total. The summed E-state index contributed by atoms with van der Waals surface area (Å²) in [4.78, 5) is 2.50. The maximum absolute atomic E-state index is 9.79. The Morgan fingerprint density at radius 2 is 1.83 bits per heavy atom. The van der Waals surface area contributed by atoms with Gasteiger partial charge < -0.3 is 15.2 Å². The first kappa shape index (κ1) is 15.9. The number of hydrogen-bond donors (Lipinski definition) is 2. The van der Waals surface area contributed by atoms with Crippen molar-refractivity contribution in [3.63, 3.8) is 0 Å². The van der Waals surface area contributed by atoms with Crippen molar-refractivity contribution in [2.75, 3.05) is 32.8 Å². The molecule has 0 aliphatic carbocycles. The highest BCUT2D eigenvalue weighted by atomic mass is 16.5. The Balaban J connectivity index is 2.05. The lowest BCUT2D eigenvalue weighted by atomic mass is 10.2. The van der Waals surface area contributed by atoms with Gasteiger partial charge in [-0.25, -0.2) is 0 Å². The maximum Gasteiger partial charge on any atom is 0.0897 e. The van der Waals surface area contributed by atoms with E-state index < -0.39 is 6.10 Å². The van der Waals surface area contributed by atoms with Crippen LogP contribution < -0.4 is 5.32 Å². The topological polar surface area (TPSA) is 44.7 Å². The zero-order valence-electron chi connectivity index (χ0n) is 12.4. The molecule has 1 saturated heterocycles. The summed E-state index contributed by atoms with van der Waals surface area (Å²) in [5.41, 5.74) is -0.177. The molecule has 18 heavy (non-hydrogen) atoms. The van der Waals surface area contributed by atoms with E-state index in [2.05, 4.69) is 17.1 Å². The molecular formula is C14H30N2O2. The van der Waals surface area contributed by atoms with E-state index in [-0.39, 0.29) is 5.60 Å². The summed E-state index contributed by atoms with van der Waals surface area (Å²) in [6.45, 7) is 12.6. The number of aliphatic hydroxyl groups excluding tert-OH is 1. The van der Waals surface area contributed by atoms with Gasteiger partial charge in [-0.05, 0) is 53.6 Å². The van der Waals surface area contributed by atoms with Crippen LogP contribution in [0.25, 0.3) is 0 Å². The molecular weight excluding hydrogens is 228 g/mol. The van der Waals surface area contributed by atoms with Gasteiger partial charge in [0.2, 0.25) is 0 Å². The molecule has 1 fully saturated rings. The van der Waals surface area contributed by atoms with Crippen molar-refractivity contribution >= 4 is 0 Å². The minimum atomic E-state index is -0.421. The number of nitrogens with zero attached hydrogens (tertiary/aromatic N) is 1. The third kappa shape index (κ3) is 6.69. The fourth-order valence-corrected chi connectivity index (χ4v) is 2.18. The Hall–Kier alpha value is -0.160. The first-order valence-electron chi connectivity index (χ1n) is 7.15. The fourth-order valence-electron chi connectivity index (χ4n) is 2.18. The quantitative estimate of drug-likeness (QED) is 0.721. The van der Waals surface area contributed by atoms with Crippen molar-refractivity contribution in [3.8, 4) is 0 Å². The Bertz CT molecular complexity index is 222. The normalized spacial score (nSPS) is 21.2. The van der Waals surface area contributed by atoms with Gasteiger partial charge in [0.1, 0.15) is 0 Å². The van der Waals surface area contributed by atoms with Crippen LogP contribution in [0, 0.1) is 0 Å². The maximum atomic E-state index is 9.79. The summed E-state index contributed by atoms with van der Waals surface area (Å²) in [7, 11) is 0. The summed E-state index contributed by atoms with van der Waals surface area (Å²) in [5, 5.41) is 13.1. The summed E-state index contributed by atoms with van der Waals surface area (Å²) in [6, 6.07) is 0.559. The highest BCUT2D eigenvalue weighted by Crippen LogP contribution is 2.10. The average Bonchev–Trinajstić information content (AvgIpc) is 2.78. The van der Waals surface area contributed by atoms with Gasteiger partial charge in [0.15, 0.2) is 0 Å². The minimum absolute atomic E-state index is 0.177. The molecule has 1 aliphatic rings. The highest BCUT2D eigenvalue weighted by molar-refractivity contribution is 4.75. The molecule has 0 aromatic heterocycles. The summed E-state index contributed by atoms with van der Waals surface area (Å²) >= 11 is 0. The number of ether oxygens (including phenoxy) is 1. The molecule has 0 bridgehead atoms. The van der Waals surface area contributed by atoms with Crippen LogP contribution in [0.15, 0.2) is 0 Å². The van der Waals surface area contributed by atoms with Gasteiger partial charge in [-0.2, -0.15) is 0 Å². The molecule has 0 aromatic carbocycles. The number of nitrogens with one attached hydrogen (secondary N) is 1. The Labute approximate surface area is 112 Å². The van der Waals surface area contributed by atoms with E-state index in [1.807, 2.05) is 20.8 Å². The fraction of sp³-hybridized carbons (Fsp3) is 1.00. The van der Waals surface area contributed by atoms with Gasteiger partial charge in [-0.15, -0.1) is 0 Å². The molecule has 0 amide bonds. The lowest BCUT2D eigenvalue weighted by Crippen LogP contribution is -2.42. The van der Waals surface area contributed by atoms with Gasteiger partial charge in [0.25, 0.3) is 0 Å². The second-order valence-corrected chi connectivity index (χ2v) is 6.33. The van der Waals surface area contributed by atoms with Crippen molar-refractivity contribution in [2.45, 2.75) is 58.3 Å². The Morgan fingerprint density at radius 3 is 2.39 bits per heavy atom. The molecule has 2 atom stereocenters. The van der Waals surface area contributed by atoms with E-state index in [0.29, 0.717) is 19.2 Å². The molecule has 0 spiro atoms. The van der Waals surface area contributed by atoms with Crippen LogP contribution in [0.2, 0.25) is 0 Å². The molecule has 0 radical (unpaired) electrons. The lowest BCUT2D eigenvalue weighted by Gasteiger charge is -2.25. The Morgan fingerprint density at radius 1 is 1.22 bits per heavy atom. The first-order valence-corrected chi connectivity index (χ1v) is 7.15. The van der Waals surface area contributed by atoms with Crippen molar-refractivity contribution in [1.82, 2.24) is 10.2 Å². The molecule has 1 aliphatic heterocycles. The van der Waals surface area contributed by atoms with Crippen molar-refractivity contribution < 1.29 is 9.84 Å². The zero-order chi connectivity index (χ0) is 13.6. The molecule has 4 heteroatoms. The number of aliphatic hydroxyl groups is 1. The largest absolute Gasteiger partial charge is 0.389 e. The highest BCUT2D eigenvalue weighted by Gasteiger charge is 2.18. The van der Waals surface area contributed by atoms with Crippen molar-refractivity contribution in [1.29, 1.82) is 0 Å². The second-order valence-electron chi connectivity index (χ2n) is 6.33. The molecule has 2 N–H and O–H groups in total. The van der Waals surface area contributed by atoms with Gasteiger partial charge in [0, 0.05) is 19.1 Å². The van der Waals surface area contributed by atoms with Gasteiger partial charge in [-0.3, -0.25) is 4.90 Å². The molecule has 108 valence electrons. The minimum Gasteiger partial charge on any atom is -0.389 e. The summed E-state index contributed by atoms with van der Waals surface area (Å²) in [5.74, 6) is 0. The van der Waals surface area contributed by atoms with Crippen LogP contribution >= 0.6 is 0 Å². The van der Waals surface area contributed by atoms with Crippen molar-refractivity contribution in [2.24, 2.45) is 0 Å². The van der Waals surface area contributed by atoms with Gasteiger partial charge in [-0.1, -0.05) is 0 Å². The van der Waals surface area contributed by atoms with E-state index in [4.69, 9.17) is 4.74 Å². The number of rotatable bonds is 7. The molecule has 2 unspecified atom stereocenters. The molecule has 0 saturated carbocycles. The monoisotopic (exact) mass is 258 g/mol. The van der Waals surface area contributed by atoms with Crippen LogP contribution in [-0.4, -0.2) is 60.5 Å². The van der Waals surface area contributed by atoms with Crippen molar-refractivity contribution in [3.05, 3.63) is 0 Å². The van der Waals surface area contributed by atoms with Crippen LogP contribution in [0.5, 0.6) is 0 Å².